The number of piperidine rings is 1. The number of fused-ring (bicyclic) bond motifs is 1. The van der Waals surface area contributed by atoms with Gasteiger partial charge in [0.1, 0.15) is 5.60 Å². The Kier molecular flexibility index (Phi) is 5.65. The number of rotatable bonds is 4. The molecular formula is C24H29N5O5. The van der Waals surface area contributed by atoms with Crippen LogP contribution in [0.25, 0.3) is 11.0 Å². The maximum Gasteiger partial charge on any atom is 0.328 e. The van der Waals surface area contributed by atoms with Crippen molar-refractivity contribution in [3.8, 4) is 0 Å². The third kappa shape index (κ3) is 4.19. The van der Waals surface area contributed by atoms with Crippen LogP contribution in [0.4, 0.5) is 0 Å². The first kappa shape index (κ1) is 22.5. The van der Waals surface area contributed by atoms with E-state index in [1.807, 2.05) is 33.7 Å². The molecule has 2 aliphatic heterocycles. The van der Waals surface area contributed by atoms with Crippen LogP contribution in [0, 0.1) is 0 Å². The van der Waals surface area contributed by atoms with Crippen LogP contribution >= 0.6 is 0 Å². The van der Waals surface area contributed by atoms with Crippen molar-refractivity contribution in [2.75, 3.05) is 19.7 Å². The van der Waals surface area contributed by atoms with E-state index in [1.165, 1.54) is 16.8 Å². The van der Waals surface area contributed by atoms with Crippen molar-refractivity contribution in [2.24, 2.45) is 0 Å². The van der Waals surface area contributed by atoms with Crippen LogP contribution in [-0.2, 0) is 16.1 Å². The van der Waals surface area contributed by atoms with E-state index in [4.69, 9.17) is 4.74 Å². The van der Waals surface area contributed by atoms with Crippen molar-refractivity contribution in [2.45, 2.75) is 56.4 Å². The lowest BCUT2D eigenvalue weighted by Crippen LogP contribution is -2.58. The molecule has 2 saturated heterocycles. The van der Waals surface area contributed by atoms with Crippen molar-refractivity contribution in [1.29, 1.82) is 0 Å². The number of nitrogens with one attached hydrogen (secondary N) is 1. The zero-order chi connectivity index (χ0) is 23.9. The summed E-state index contributed by atoms with van der Waals surface area (Å²) in [5.74, 6) is 0.0869. The van der Waals surface area contributed by atoms with Crippen LogP contribution in [0.1, 0.15) is 38.6 Å². The van der Waals surface area contributed by atoms with Crippen LogP contribution < -0.4 is 11.2 Å². The Hall–Kier alpha value is -3.24. The molecule has 3 aromatic rings. The molecular weight excluding hydrogens is 438 g/mol. The highest BCUT2D eigenvalue weighted by atomic mass is 16.5. The first-order chi connectivity index (χ1) is 16.3. The number of aryl methyl sites for hydroxylation is 1. The molecule has 34 heavy (non-hydrogen) atoms. The van der Waals surface area contributed by atoms with Gasteiger partial charge in [-0.2, -0.15) is 0 Å². The summed E-state index contributed by atoms with van der Waals surface area (Å²) in [7, 11) is 0. The number of para-hydroxylation sites is 2. The molecule has 0 unspecified atom stereocenters. The largest absolute Gasteiger partial charge is 0.386 e. The summed E-state index contributed by atoms with van der Waals surface area (Å²) in [6.45, 7) is 3.39. The molecule has 5 rings (SSSR count). The van der Waals surface area contributed by atoms with Gasteiger partial charge in [-0.3, -0.25) is 19.1 Å². The van der Waals surface area contributed by atoms with E-state index < -0.39 is 28.5 Å². The summed E-state index contributed by atoms with van der Waals surface area (Å²) in [5, 5.41) is 10.9. The number of amides is 1. The van der Waals surface area contributed by atoms with Gasteiger partial charge < -0.3 is 19.3 Å². The van der Waals surface area contributed by atoms with Crippen molar-refractivity contribution in [1.82, 2.24) is 24.0 Å². The van der Waals surface area contributed by atoms with E-state index in [-0.39, 0.29) is 12.5 Å². The van der Waals surface area contributed by atoms with Gasteiger partial charge in [0.05, 0.1) is 35.6 Å². The van der Waals surface area contributed by atoms with Gasteiger partial charge in [-0.1, -0.05) is 12.1 Å². The Morgan fingerprint density at radius 1 is 1.24 bits per heavy atom. The molecule has 4 heterocycles. The van der Waals surface area contributed by atoms with Gasteiger partial charge in [0.2, 0.25) is 5.91 Å². The van der Waals surface area contributed by atoms with E-state index in [0.717, 1.165) is 11.0 Å². The lowest BCUT2D eigenvalue weighted by molar-refractivity contribution is -0.202. The number of imidazole rings is 1. The molecule has 2 aliphatic rings. The van der Waals surface area contributed by atoms with E-state index >= 15 is 0 Å². The van der Waals surface area contributed by atoms with Gasteiger partial charge in [-0.05, 0) is 31.9 Å². The third-order valence-electron chi connectivity index (χ3n) is 7.26. The monoisotopic (exact) mass is 467 g/mol. The summed E-state index contributed by atoms with van der Waals surface area (Å²) in [5.41, 5.74) is -0.878. The number of benzene rings is 1. The average molecular weight is 468 g/mol. The predicted molar refractivity (Wildman–Crippen MR) is 124 cm³/mol. The molecule has 0 saturated carbocycles. The molecule has 2 aromatic heterocycles. The number of hydrogen-bond acceptors (Lipinski definition) is 6. The number of aromatic amines is 1. The molecule has 2 N–H and O–H groups in total. The highest BCUT2D eigenvalue weighted by Gasteiger charge is 2.49. The minimum atomic E-state index is -1.26. The van der Waals surface area contributed by atoms with Gasteiger partial charge in [0, 0.05) is 44.7 Å². The number of likely N-dealkylation sites (tertiary alicyclic amines) is 1. The molecule has 1 aromatic carbocycles. The second-order valence-electron chi connectivity index (χ2n) is 9.62. The van der Waals surface area contributed by atoms with E-state index in [1.54, 1.807) is 13.3 Å². The molecule has 2 atom stereocenters. The third-order valence-corrected chi connectivity index (χ3v) is 7.26. The molecule has 180 valence electrons. The number of ether oxygens (including phenoxy) is 1. The van der Waals surface area contributed by atoms with E-state index in [0.29, 0.717) is 45.3 Å². The summed E-state index contributed by atoms with van der Waals surface area (Å²) in [6.07, 6.45) is 5.25. The molecule has 0 bridgehead atoms. The molecule has 1 amide bonds. The number of H-pyrrole nitrogens is 1. The summed E-state index contributed by atoms with van der Waals surface area (Å²) >= 11 is 0. The topological polar surface area (TPSA) is 122 Å². The van der Waals surface area contributed by atoms with Gasteiger partial charge in [0.25, 0.3) is 5.56 Å². The minimum absolute atomic E-state index is 0.0743. The Labute approximate surface area is 195 Å². The fraction of sp³-hybridized carbons (Fsp3) is 0.500. The second kappa shape index (κ2) is 8.52. The van der Waals surface area contributed by atoms with Crippen LogP contribution in [0.2, 0.25) is 0 Å². The zero-order valence-electron chi connectivity index (χ0n) is 19.1. The zero-order valence-corrected chi connectivity index (χ0v) is 19.1. The first-order valence-electron chi connectivity index (χ1n) is 11.6. The number of nitrogens with zero attached hydrogens (tertiary/aromatic N) is 4. The van der Waals surface area contributed by atoms with Crippen molar-refractivity contribution in [3.05, 3.63) is 63.7 Å². The van der Waals surface area contributed by atoms with Crippen LogP contribution in [0.5, 0.6) is 0 Å². The Bertz CT molecular complexity index is 1310. The summed E-state index contributed by atoms with van der Waals surface area (Å²) in [4.78, 5) is 45.3. The van der Waals surface area contributed by atoms with Gasteiger partial charge in [-0.25, -0.2) is 9.78 Å². The second-order valence-corrected chi connectivity index (χ2v) is 9.62. The Morgan fingerprint density at radius 3 is 2.76 bits per heavy atom. The fourth-order valence-corrected chi connectivity index (χ4v) is 5.17. The quantitative estimate of drug-likeness (QED) is 0.591. The lowest BCUT2D eigenvalue weighted by atomic mass is 9.77. The van der Waals surface area contributed by atoms with Crippen molar-refractivity contribution in [3.63, 3.8) is 0 Å². The van der Waals surface area contributed by atoms with Gasteiger partial charge >= 0.3 is 5.69 Å². The Balaban J connectivity index is 1.23. The standard InChI is InChI=1S/C24H29N5O5/c1-23(33)15-34-24(14-19(23)29-11-6-20(30)26-22(29)32)8-12-27(13-9-24)21(31)7-10-28-16-25-17-4-2-3-5-18(17)28/h2-6,11,16,19,33H,7-10,12-15H2,1H3,(H,26,30,32)/t19-,23-/m0/s1. The van der Waals surface area contributed by atoms with Crippen LogP contribution in [0.15, 0.2) is 52.4 Å². The van der Waals surface area contributed by atoms with Crippen molar-refractivity contribution >= 4 is 16.9 Å². The van der Waals surface area contributed by atoms with Gasteiger partial charge in [0.15, 0.2) is 0 Å². The highest BCUT2D eigenvalue weighted by Crippen LogP contribution is 2.43. The number of carbonyl (C=O) groups excluding carboxylic acids is 1. The van der Waals surface area contributed by atoms with E-state index in [9.17, 15) is 19.5 Å². The molecule has 0 aliphatic carbocycles. The highest BCUT2D eigenvalue weighted by molar-refractivity contribution is 5.77. The SMILES string of the molecule is C[C@]1(O)COC2(CCN(C(=O)CCn3cnc4ccccc43)CC2)C[C@@H]1n1ccc(=O)[nH]c1=O. The predicted octanol–water partition coefficient (Wildman–Crippen LogP) is 1.05. The number of carbonyl (C=O) groups is 1. The van der Waals surface area contributed by atoms with Crippen LogP contribution in [-0.4, -0.2) is 65.9 Å². The number of aromatic nitrogens is 4. The molecule has 10 nitrogen and oxygen atoms in total. The fourth-order valence-electron chi connectivity index (χ4n) is 5.17. The number of hydrogen-bond donors (Lipinski definition) is 2. The first-order valence-corrected chi connectivity index (χ1v) is 11.6. The average Bonchev–Trinajstić information content (AvgIpc) is 3.23. The van der Waals surface area contributed by atoms with E-state index in [2.05, 4.69) is 9.97 Å². The maximum atomic E-state index is 12.9. The van der Waals surface area contributed by atoms with Crippen LogP contribution in [0.3, 0.4) is 0 Å². The lowest BCUT2D eigenvalue weighted by Gasteiger charge is -2.51. The smallest absolute Gasteiger partial charge is 0.328 e. The Morgan fingerprint density at radius 2 is 2.00 bits per heavy atom. The summed E-state index contributed by atoms with van der Waals surface area (Å²) in [6, 6.07) is 8.60. The minimum Gasteiger partial charge on any atom is -0.386 e. The van der Waals surface area contributed by atoms with Gasteiger partial charge in [-0.15, -0.1) is 0 Å². The normalized spacial score (nSPS) is 24.5. The summed E-state index contributed by atoms with van der Waals surface area (Å²) < 4.78 is 9.53. The molecule has 10 heteroatoms. The maximum absolute atomic E-state index is 12.9. The molecule has 1 spiro atoms. The number of aliphatic hydroxyl groups is 1. The van der Waals surface area contributed by atoms with Crippen molar-refractivity contribution < 1.29 is 14.6 Å². The molecule has 0 radical (unpaired) electrons. The molecule has 2 fully saturated rings.